The summed E-state index contributed by atoms with van der Waals surface area (Å²) in [6, 6.07) is 11.0. The second-order valence-electron chi connectivity index (χ2n) is 6.65. The van der Waals surface area contributed by atoms with E-state index in [1.165, 1.54) is 0 Å². The molecule has 25 heavy (non-hydrogen) atoms. The van der Waals surface area contributed by atoms with Crippen molar-refractivity contribution in [3.8, 4) is 11.8 Å². The number of aromatic amines is 1. The molecule has 1 heterocycles. The molecule has 1 aromatic heterocycles. The average Bonchev–Trinajstić information content (AvgIpc) is 2.99. The fourth-order valence-corrected chi connectivity index (χ4v) is 4.03. The molecule has 0 bridgehead atoms. The fourth-order valence-electron chi connectivity index (χ4n) is 3.59. The van der Waals surface area contributed by atoms with Gasteiger partial charge in [0, 0.05) is 27.6 Å². The standard InChI is InChI=1S/C19H14BrN3O2/c1-19(2)12-7-15(25-22)13(20)6-11(12)17(24)16-10-4-3-9(8-21)5-14(10)23-18(16)19/h3-7,23H,22H2,1-2H3. The first kappa shape index (κ1) is 15.9. The van der Waals surface area contributed by atoms with Crippen LogP contribution in [0.2, 0.25) is 0 Å². The zero-order valence-corrected chi connectivity index (χ0v) is 15.2. The van der Waals surface area contributed by atoms with Crippen molar-refractivity contribution in [2.75, 3.05) is 0 Å². The fraction of sp³-hybridized carbons (Fsp3) is 0.158. The first-order valence-corrected chi connectivity index (χ1v) is 8.49. The summed E-state index contributed by atoms with van der Waals surface area (Å²) in [6.07, 6.45) is 0. The molecule has 0 aliphatic heterocycles. The molecule has 1 aliphatic rings. The number of nitrogens with zero attached hydrogens (tertiary/aromatic N) is 1. The van der Waals surface area contributed by atoms with E-state index in [-0.39, 0.29) is 5.78 Å². The van der Waals surface area contributed by atoms with Crippen LogP contribution in [0, 0.1) is 11.3 Å². The minimum absolute atomic E-state index is 0.0513. The maximum atomic E-state index is 13.2. The van der Waals surface area contributed by atoms with Gasteiger partial charge in [-0.15, -0.1) is 0 Å². The van der Waals surface area contributed by atoms with Crippen molar-refractivity contribution in [1.29, 1.82) is 5.26 Å². The summed E-state index contributed by atoms with van der Waals surface area (Å²) >= 11 is 3.40. The molecule has 2 aromatic carbocycles. The van der Waals surface area contributed by atoms with E-state index in [0.717, 1.165) is 22.2 Å². The van der Waals surface area contributed by atoms with E-state index in [1.807, 2.05) is 19.9 Å². The van der Waals surface area contributed by atoms with Gasteiger partial charge in [-0.3, -0.25) is 4.79 Å². The number of fused-ring (bicyclic) bond motifs is 4. The molecule has 6 heteroatoms. The third kappa shape index (κ3) is 2.06. The number of ketones is 1. The summed E-state index contributed by atoms with van der Waals surface area (Å²) in [7, 11) is 0. The molecular weight excluding hydrogens is 382 g/mol. The number of nitrogens with two attached hydrogens (primary N) is 1. The average molecular weight is 396 g/mol. The highest BCUT2D eigenvalue weighted by Gasteiger charge is 2.40. The van der Waals surface area contributed by atoms with Gasteiger partial charge in [-0.25, -0.2) is 0 Å². The van der Waals surface area contributed by atoms with Crippen LogP contribution in [0.25, 0.3) is 10.9 Å². The van der Waals surface area contributed by atoms with Crippen molar-refractivity contribution in [2.24, 2.45) is 5.90 Å². The topological polar surface area (TPSA) is 91.9 Å². The van der Waals surface area contributed by atoms with Crippen LogP contribution in [0.4, 0.5) is 0 Å². The molecule has 0 amide bonds. The Balaban J connectivity index is 2.07. The summed E-state index contributed by atoms with van der Waals surface area (Å²) in [5.41, 5.74) is 3.85. The van der Waals surface area contributed by atoms with Crippen molar-refractivity contribution in [1.82, 2.24) is 4.98 Å². The van der Waals surface area contributed by atoms with Gasteiger partial charge in [-0.1, -0.05) is 19.9 Å². The normalized spacial score (nSPS) is 14.8. The van der Waals surface area contributed by atoms with E-state index in [9.17, 15) is 4.79 Å². The lowest BCUT2D eigenvalue weighted by Gasteiger charge is -2.32. The minimum Gasteiger partial charge on any atom is -0.410 e. The molecule has 4 rings (SSSR count). The van der Waals surface area contributed by atoms with Crippen molar-refractivity contribution in [3.05, 3.63) is 62.8 Å². The molecule has 0 saturated carbocycles. The molecule has 0 fully saturated rings. The van der Waals surface area contributed by atoms with E-state index < -0.39 is 5.41 Å². The van der Waals surface area contributed by atoms with Crippen molar-refractivity contribution < 1.29 is 9.63 Å². The van der Waals surface area contributed by atoms with Crippen LogP contribution in [0.5, 0.6) is 5.75 Å². The first-order valence-electron chi connectivity index (χ1n) is 7.70. The highest BCUT2D eigenvalue weighted by molar-refractivity contribution is 9.10. The Morgan fingerprint density at radius 1 is 1.28 bits per heavy atom. The van der Waals surface area contributed by atoms with Gasteiger partial charge in [-0.05, 0) is 45.8 Å². The predicted octanol–water partition coefficient (Wildman–Crippen LogP) is 3.92. The summed E-state index contributed by atoms with van der Waals surface area (Å²) < 4.78 is 0.632. The Morgan fingerprint density at radius 2 is 2.04 bits per heavy atom. The van der Waals surface area contributed by atoms with E-state index in [0.29, 0.717) is 26.9 Å². The molecule has 0 unspecified atom stereocenters. The number of nitriles is 1. The number of halogens is 1. The van der Waals surface area contributed by atoms with Crippen LogP contribution >= 0.6 is 15.9 Å². The van der Waals surface area contributed by atoms with Crippen molar-refractivity contribution >= 4 is 32.6 Å². The number of benzene rings is 2. The Bertz CT molecular complexity index is 1110. The van der Waals surface area contributed by atoms with Gasteiger partial charge in [0.25, 0.3) is 0 Å². The summed E-state index contributed by atoms with van der Waals surface area (Å²) in [4.78, 5) is 21.5. The van der Waals surface area contributed by atoms with Crippen molar-refractivity contribution in [2.45, 2.75) is 19.3 Å². The maximum Gasteiger partial charge on any atom is 0.195 e. The van der Waals surface area contributed by atoms with Gasteiger partial charge in [0.1, 0.15) is 0 Å². The van der Waals surface area contributed by atoms with Gasteiger partial charge >= 0.3 is 0 Å². The monoisotopic (exact) mass is 395 g/mol. The Kier molecular flexibility index (Phi) is 3.29. The van der Waals surface area contributed by atoms with Crippen LogP contribution in [-0.4, -0.2) is 10.8 Å². The number of hydrogen-bond acceptors (Lipinski definition) is 4. The molecule has 5 nitrogen and oxygen atoms in total. The van der Waals surface area contributed by atoms with Crippen LogP contribution < -0.4 is 10.7 Å². The van der Waals surface area contributed by atoms with Gasteiger partial charge in [0.2, 0.25) is 0 Å². The molecule has 0 saturated heterocycles. The van der Waals surface area contributed by atoms with E-state index in [1.54, 1.807) is 24.3 Å². The molecular formula is C19H14BrN3O2. The Labute approximate surface area is 152 Å². The van der Waals surface area contributed by atoms with Gasteiger partial charge in [0.15, 0.2) is 11.5 Å². The third-order valence-corrected chi connectivity index (χ3v) is 5.52. The maximum absolute atomic E-state index is 13.2. The molecule has 3 aromatic rings. The second kappa shape index (κ2) is 5.19. The Morgan fingerprint density at radius 3 is 2.72 bits per heavy atom. The largest absolute Gasteiger partial charge is 0.410 e. The number of nitrogens with one attached hydrogen (secondary N) is 1. The molecule has 124 valence electrons. The van der Waals surface area contributed by atoms with E-state index in [2.05, 4.69) is 27.0 Å². The zero-order chi connectivity index (χ0) is 17.9. The molecule has 3 N–H and O–H groups in total. The summed E-state index contributed by atoms with van der Waals surface area (Å²) in [5, 5.41) is 9.95. The second-order valence-corrected chi connectivity index (χ2v) is 7.50. The molecule has 0 radical (unpaired) electrons. The zero-order valence-electron chi connectivity index (χ0n) is 13.6. The van der Waals surface area contributed by atoms with E-state index >= 15 is 0 Å². The highest BCUT2D eigenvalue weighted by atomic mass is 79.9. The quantitative estimate of drug-likeness (QED) is 0.610. The van der Waals surface area contributed by atoms with Crippen LogP contribution in [-0.2, 0) is 5.41 Å². The highest BCUT2D eigenvalue weighted by Crippen LogP contribution is 2.46. The Hall–Kier alpha value is -2.62. The van der Waals surface area contributed by atoms with E-state index in [4.69, 9.17) is 16.0 Å². The first-order chi connectivity index (χ1) is 11.9. The molecule has 0 spiro atoms. The lowest BCUT2D eigenvalue weighted by molar-refractivity contribution is 0.103. The number of carbonyl (C=O) groups excluding carboxylic acids is 1. The lowest BCUT2D eigenvalue weighted by Crippen LogP contribution is -2.30. The number of H-pyrrole nitrogens is 1. The van der Waals surface area contributed by atoms with Crippen LogP contribution in [0.1, 0.15) is 46.6 Å². The molecule has 0 atom stereocenters. The van der Waals surface area contributed by atoms with Gasteiger partial charge < -0.3 is 9.82 Å². The number of carbonyl (C=O) groups is 1. The van der Waals surface area contributed by atoms with Crippen LogP contribution in [0.3, 0.4) is 0 Å². The third-order valence-electron chi connectivity index (χ3n) is 4.90. The lowest BCUT2D eigenvalue weighted by atomic mass is 9.71. The van der Waals surface area contributed by atoms with Crippen molar-refractivity contribution in [3.63, 3.8) is 0 Å². The summed E-state index contributed by atoms with van der Waals surface area (Å²) in [5.74, 6) is 5.77. The molecule has 1 aliphatic carbocycles. The number of hydrogen-bond donors (Lipinski definition) is 2. The smallest absolute Gasteiger partial charge is 0.195 e. The number of aromatic nitrogens is 1. The minimum atomic E-state index is -0.446. The van der Waals surface area contributed by atoms with Crippen LogP contribution in [0.15, 0.2) is 34.8 Å². The van der Waals surface area contributed by atoms with Gasteiger partial charge in [-0.2, -0.15) is 11.2 Å². The summed E-state index contributed by atoms with van der Waals surface area (Å²) in [6.45, 7) is 4.10. The predicted molar refractivity (Wildman–Crippen MR) is 97.5 cm³/mol. The van der Waals surface area contributed by atoms with Gasteiger partial charge in [0.05, 0.1) is 21.7 Å². The SMILES string of the molecule is CC1(C)c2cc(ON)c(Br)cc2C(=O)c2c1[nH]c1cc(C#N)ccc21. The number of rotatable bonds is 1.